The lowest BCUT2D eigenvalue weighted by atomic mass is 10.2. The molecule has 7 heteroatoms. The van der Waals surface area contributed by atoms with E-state index < -0.39 is 21.8 Å². The molecule has 0 aliphatic heterocycles. The Labute approximate surface area is 87.1 Å². The Hall–Kier alpha value is -0.810. The fraction of sp³-hybridized carbons (Fsp3) is 0.143. The van der Waals surface area contributed by atoms with Crippen LogP contribution in [0.25, 0.3) is 0 Å². The van der Waals surface area contributed by atoms with E-state index in [-0.39, 0.29) is 5.69 Å². The Morgan fingerprint density at radius 3 is 2.21 bits per heavy atom. The van der Waals surface area contributed by atoms with E-state index in [2.05, 4.69) is 5.11 Å². The maximum Gasteiger partial charge on any atom is 0.419 e. The second-order valence-corrected chi connectivity index (χ2v) is 3.15. The van der Waals surface area contributed by atoms with Gasteiger partial charge in [-0.1, -0.05) is 23.2 Å². The minimum absolute atomic E-state index is 0.261. The summed E-state index contributed by atoms with van der Waals surface area (Å²) < 4.78 is 37.1. The lowest BCUT2D eigenvalue weighted by molar-refractivity contribution is -0.137. The summed E-state index contributed by atoms with van der Waals surface area (Å²) in [5, 5.41) is 1.69. The van der Waals surface area contributed by atoms with E-state index in [0.29, 0.717) is 0 Å². The van der Waals surface area contributed by atoms with Gasteiger partial charge < -0.3 is 0 Å². The summed E-state index contributed by atoms with van der Waals surface area (Å²) in [6.07, 6.45) is -4.64. The molecule has 0 aromatic heterocycles. The molecule has 0 fully saturated rings. The summed E-state index contributed by atoms with van der Waals surface area (Å²) in [7, 11) is 0. The van der Waals surface area contributed by atoms with Crippen LogP contribution < -0.4 is 0 Å². The van der Waals surface area contributed by atoms with Gasteiger partial charge in [0.1, 0.15) is 5.69 Å². The Bertz CT molecular complexity index is 376. The van der Waals surface area contributed by atoms with Crippen LogP contribution in [0.4, 0.5) is 18.9 Å². The van der Waals surface area contributed by atoms with Gasteiger partial charge in [-0.25, -0.2) is 5.53 Å². The second kappa shape index (κ2) is 3.74. The first-order chi connectivity index (χ1) is 6.38. The molecule has 1 aromatic rings. The van der Waals surface area contributed by atoms with Gasteiger partial charge >= 0.3 is 6.18 Å². The van der Waals surface area contributed by atoms with Crippen LogP contribution in [0.2, 0.25) is 10.0 Å². The molecule has 1 rings (SSSR count). The van der Waals surface area contributed by atoms with Crippen LogP contribution in [-0.4, -0.2) is 0 Å². The van der Waals surface area contributed by atoms with E-state index in [1.54, 1.807) is 0 Å². The molecule has 0 aliphatic rings. The Morgan fingerprint density at radius 1 is 1.21 bits per heavy atom. The predicted molar refractivity (Wildman–Crippen MR) is 46.3 cm³/mol. The molecule has 0 saturated heterocycles. The van der Waals surface area contributed by atoms with Gasteiger partial charge in [-0.3, -0.25) is 0 Å². The zero-order valence-corrected chi connectivity index (χ0v) is 8.00. The molecule has 0 saturated carbocycles. The summed E-state index contributed by atoms with van der Waals surface area (Å²) in [5.74, 6) is 0. The molecule has 0 spiro atoms. The molecule has 0 atom stereocenters. The molecule has 1 aromatic carbocycles. The van der Waals surface area contributed by atoms with Crippen molar-refractivity contribution in [2.24, 2.45) is 5.11 Å². The van der Waals surface area contributed by atoms with E-state index in [0.717, 1.165) is 12.1 Å². The van der Waals surface area contributed by atoms with Gasteiger partial charge in [0.15, 0.2) is 0 Å². The Morgan fingerprint density at radius 2 is 1.79 bits per heavy atom. The number of halogens is 5. The first-order valence-electron chi connectivity index (χ1n) is 3.30. The lowest BCUT2D eigenvalue weighted by Gasteiger charge is -2.11. The van der Waals surface area contributed by atoms with Crippen molar-refractivity contribution in [3.8, 4) is 0 Å². The van der Waals surface area contributed by atoms with E-state index in [4.69, 9.17) is 28.7 Å². The fourth-order valence-corrected chi connectivity index (χ4v) is 1.51. The molecule has 1 N–H and O–H groups in total. The van der Waals surface area contributed by atoms with Gasteiger partial charge in [0.2, 0.25) is 0 Å². The van der Waals surface area contributed by atoms with Crippen LogP contribution in [0.3, 0.4) is 0 Å². The maximum absolute atomic E-state index is 12.4. The van der Waals surface area contributed by atoms with Gasteiger partial charge in [-0.15, -0.1) is 0 Å². The average molecular weight is 243 g/mol. The molecular formula is C7H3Cl2F3N2. The van der Waals surface area contributed by atoms with Crippen LogP contribution >= 0.6 is 23.2 Å². The summed E-state index contributed by atoms with van der Waals surface area (Å²) in [6.45, 7) is 0. The van der Waals surface area contributed by atoms with Gasteiger partial charge in [-0.05, 0) is 12.1 Å². The number of benzene rings is 1. The highest BCUT2D eigenvalue weighted by Gasteiger charge is 2.36. The Balaban J connectivity index is 3.48. The molecular weight excluding hydrogens is 240 g/mol. The monoisotopic (exact) mass is 242 g/mol. The highest BCUT2D eigenvalue weighted by atomic mass is 35.5. The number of nitrogens with zero attached hydrogens (tertiary/aromatic N) is 1. The van der Waals surface area contributed by atoms with Crippen molar-refractivity contribution in [3.63, 3.8) is 0 Å². The lowest BCUT2D eigenvalue weighted by Crippen LogP contribution is -2.06. The molecule has 0 unspecified atom stereocenters. The van der Waals surface area contributed by atoms with E-state index in [9.17, 15) is 13.2 Å². The van der Waals surface area contributed by atoms with Crippen LogP contribution in [0.5, 0.6) is 0 Å². The second-order valence-electron chi connectivity index (χ2n) is 2.37. The fourth-order valence-electron chi connectivity index (χ4n) is 0.888. The number of alkyl halides is 3. The molecule has 0 aliphatic carbocycles. The van der Waals surface area contributed by atoms with Crippen molar-refractivity contribution in [2.45, 2.75) is 6.18 Å². The predicted octanol–water partition coefficient (Wildman–Crippen LogP) is 4.67. The molecule has 0 radical (unpaired) electrons. The zero-order valence-electron chi connectivity index (χ0n) is 6.49. The topological polar surface area (TPSA) is 36.2 Å². The number of nitrogens with one attached hydrogen (secondary N) is 1. The summed E-state index contributed by atoms with van der Waals surface area (Å²) >= 11 is 10.7. The average Bonchev–Trinajstić information content (AvgIpc) is 2.02. The van der Waals surface area contributed by atoms with E-state index >= 15 is 0 Å². The molecule has 2 nitrogen and oxygen atoms in total. The first kappa shape index (κ1) is 11.3. The molecule has 14 heavy (non-hydrogen) atoms. The quantitative estimate of drug-likeness (QED) is 0.695. The van der Waals surface area contributed by atoms with Crippen LogP contribution in [-0.2, 0) is 6.18 Å². The number of hydrogen-bond donors (Lipinski definition) is 1. The van der Waals surface area contributed by atoms with Crippen LogP contribution in [0, 0.1) is 5.53 Å². The van der Waals surface area contributed by atoms with Crippen molar-refractivity contribution in [1.82, 2.24) is 0 Å². The largest absolute Gasteiger partial charge is 0.419 e. The SMILES string of the molecule is N=Nc1ccc(Cl)c(C(F)(F)F)c1Cl. The summed E-state index contributed by atoms with van der Waals surface area (Å²) in [4.78, 5) is 0. The summed E-state index contributed by atoms with van der Waals surface area (Å²) in [5.41, 5.74) is 5.17. The minimum atomic E-state index is -4.64. The third-order valence-electron chi connectivity index (χ3n) is 1.47. The molecule has 76 valence electrons. The van der Waals surface area contributed by atoms with Gasteiger partial charge in [0, 0.05) is 0 Å². The van der Waals surface area contributed by atoms with Crippen molar-refractivity contribution >= 4 is 28.9 Å². The first-order valence-corrected chi connectivity index (χ1v) is 4.06. The van der Waals surface area contributed by atoms with Crippen molar-refractivity contribution in [1.29, 1.82) is 5.53 Å². The van der Waals surface area contributed by atoms with Crippen LogP contribution in [0.1, 0.15) is 5.56 Å². The highest BCUT2D eigenvalue weighted by Crippen LogP contribution is 2.43. The normalized spacial score (nSPS) is 11.5. The van der Waals surface area contributed by atoms with Crippen molar-refractivity contribution in [2.75, 3.05) is 0 Å². The Kier molecular flexibility index (Phi) is 3.01. The molecule has 0 heterocycles. The summed E-state index contributed by atoms with van der Waals surface area (Å²) in [6, 6.07) is 2.15. The van der Waals surface area contributed by atoms with Gasteiger partial charge in [0.05, 0.1) is 15.6 Å². The standard InChI is InChI=1S/C7H3Cl2F3N2/c8-3-1-2-4(14-13)6(9)5(3)7(10,11)12/h1-2,13H. The third kappa shape index (κ3) is 1.99. The van der Waals surface area contributed by atoms with Crippen molar-refractivity contribution < 1.29 is 13.2 Å². The van der Waals surface area contributed by atoms with E-state index in [1.165, 1.54) is 0 Å². The maximum atomic E-state index is 12.4. The molecule has 0 amide bonds. The number of rotatable bonds is 1. The third-order valence-corrected chi connectivity index (χ3v) is 2.17. The van der Waals surface area contributed by atoms with Crippen LogP contribution in [0.15, 0.2) is 17.2 Å². The smallest absolute Gasteiger partial charge is 0.204 e. The van der Waals surface area contributed by atoms with Gasteiger partial charge in [0.25, 0.3) is 0 Å². The zero-order chi connectivity index (χ0) is 10.9. The van der Waals surface area contributed by atoms with E-state index in [1.807, 2.05) is 0 Å². The van der Waals surface area contributed by atoms with Crippen molar-refractivity contribution in [3.05, 3.63) is 27.7 Å². The van der Waals surface area contributed by atoms with Gasteiger partial charge in [-0.2, -0.15) is 18.3 Å². The molecule has 0 bridgehead atoms. The minimum Gasteiger partial charge on any atom is -0.204 e. The number of hydrogen-bond acceptors (Lipinski definition) is 2. The highest BCUT2D eigenvalue weighted by molar-refractivity contribution is 6.37.